The fraction of sp³-hybridized carbons (Fsp3) is 0.333. The van der Waals surface area contributed by atoms with Gasteiger partial charge in [0.1, 0.15) is 10.0 Å². The van der Waals surface area contributed by atoms with Crippen molar-refractivity contribution in [2.24, 2.45) is 0 Å². The molecule has 0 aliphatic heterocycles. The lowest BCUT2D eigenvalue weighted by Crippen LogP contribution is -2.20. The second kappa shape index (κ2) is 8.85. The average Bonchev–Trinajstić information content (AvgIpc) is 3.01. The molecule has 0 atom stereocenters. The van der Waals surface area contributed by atoms with Crippen LogP contribution in [0.3, 0.4) is 0 Å². The number of nitrogens with one attached hydrogen (secondary N) is 2. The Kier molecular flexibility index (Phi) is 6.48. The number of halogens is 1. The van der Waals surface area contributed by atoms with Gasteiger partial charge in [-0.05, 0) is 62.5 Å². The van der Waals surface area contributed by atoms with Gasteiger partial charge in [-0.2, -0.15) is 0 Å². The number of rotatable bonds is 5. The normalized spacial score (nSPS) is 12.8. The number of carbonyl (C=O) groups is 1. The average molecular weight is 440 g/mol. The van der Waals surface area contributed by atoms with Crippen molar-refractivity contribution in [2.75, 3.05) is 17.2 Å². The van der Waals surface area contributed by atoms with Crippen molar-refractivity contribution in [3.8, 4) is 0 Å². The van der Waals surface area contributed by atoms with Crippen molar-refractivity contribution in [1.29, 1.82) is 0 Å². The highest BCUT2D eigenvalue weighted by atomic mass is 35.5. The second-order valence-electron chi connectivity index (χ2n) is 6.14. The van der Waals surface area contributed by atoms with E-state index in [-0.39, 0.29) is 21.8 Å². The van der Waals surface area contributed by atoms with Crippen LogP contribution in [0.2, 0.25) is 5.02 Å². The molecule has 1 heterocycles. The van der Waals surface area contributed by atoms with Gasteiger partial charge in [0.05, 0.1) is 17.1 Å². The summed E-state index contributed by atoms with van der Waals surface area (Å²) in [5.41, 5.74) is 1.77. The standard InChI is InChI=1S/C18H18ClN3O4S2/c1-2-26-17(23)15-11-5-3-4-6-14(11)28-16(15)21-18(27)20-10-7-8-12(19)13(9-10)22(24)25/h7-9H,2-6H2,1H3,(H2,20,21,27). The first-order chi connectivity index (χ1) is 13.4. The number of nitro groups is 1. The molecule has 0 saturated carbocycles. The molecule has 148 valence electrons. The first-order valence-corrected chi connectivity index (χ1v) is 10.3. The van der Waals surface area contributed by atoms with E-state index < -0.39 is 4.92 Å². The van der Waals surface area contributed by atoms with Crippen LogP contribution >= 0.6 is 35.2 Å². The van der Waals surface area contributed by atoms with Crippen molar-refractivity contribution >= 4 is 62.6 Å². The number of thiocarbonyl (C=S) groups is 1. The smallest absolute Gasteiger partial charge is 0.341 e. The molecule has 3 rings (SSSR count). The monoisotopic (exact) mass is 439 g/mol. The third-order valence-electron chi connectivity index (χ3n) is 4.28. The van der Waals surface area contributed by atoms with E-state index in [0.717, 1.165) is 31.2 Å². The van der Waals surface area contributed by atoms with Crippen LogP contribution in [0.15, 0.2) is 18.2 Å². The van der Waals surface area contributed by atoms with Crippen LogP contribution in [0.25, 0.3) is 0 Å². The lowest BCUT2D eigenvalue weighted by atomic mass is 9.95. The zero-order valence-corrected chi connectivity index (χ0v) is 17.4. The van der Waals surface area contributed by atoms with Crippen molar-refractivity contribution in [1.82, 2.24) is 0 Å². The second-order valence-corrected chi connectivity index (χ2v) is 8.06. The Bertz CT molecular complexity index is 945. The predicted molar refractivity (Wildman–Crippen MR) is 115 cm³/mol. The molecule has 2 N–H and O–H groups in total. The number of anilines is 2. The van der Waals surface area contributed by atoms with E-state index in [4.69, 9.17) is 28.6 Å². The Morgan fingerprint density at radius 1 is 1.36 bits per heavy atom. The summed E-state index contributed by atoms with van der Waals surface area (Å²) in [4.78, 5) is 24.1. The summed E-state index contributed by atoms with van der Waals surface area (Å²) in [7, 11) is 0. The summed E-state index contributed by atoms with van der Waals surface area (Å²) in [6.07, 6.45) is 3.89. The summed E-state index contributed by atoms with van der Waals surface area (Å²) in [5.74, 6) is -0.366. The molecule has 1 aromatic heterocycles. The number of nitrogens with zero attached hydrogens (tertiary/aromatic N) is 1. The zero-order valence-electron chi connectivity index (χ0n) is 15.0. The number of hydrogen-bond acceptors (Lipinski definition) is 6. The molecule has 0 fully saturated rings. The molecule has 1 aromatic carbocycles. The summed E-state index contributed by atoms with van der Waals surface area (Å²) in [6, 6.07) is 4.33. The summed E-state index contributed by atoms with van der Waals surface area (Å²) in [6.45, 7) is 2.06. The quantitative estimate of drug-likeness (QED) is 0.287. The highest BCUT2D eigenvalue weighted by Gasteiger charge is 2.26. The molecular formula is C18H18ClN3O4S2. The van der Waals surface area contributed by atoms with Crippen molar-refractivity contribution in [2.45, 2.75) is 32.6 Å². The van der Waals surface area contributed by atoms with E-state index in [1.165, 1.54) is 28.3 Å². The minimum absolute atomic E-state index is 0.0463. The van der Waals surface area contributed by atoms with Gasteiger partial charge in [0.15, 0.2) is 5.11 Å². The largest absolute Gasteiger partial charge is 0.462 e. The molecule has 0 spiro atoms. The molecule has 7 nitrogen and oxygen atoms in total. The molecule has 0 bridgehead atoms. The SMILES string of the molecule is CCOC(=O)c1c(NC(=S)Nc2ccc(Cl)c([N+](=O)[O-])c2)sc2c1CCCC2. The molecule has 0 saturated heterocycles. The van der Waals surface area contributed by atoms with E-state index in [1.54, 1.807) is 13.0 Å². The fourth-order valence-corrected chi connectivity index (χ4v) is 4.82. The van der Waals surface area contributed by atoms with E-state index in [0.29, 0.717) is 22.9 Å². The van der Waals surface area contributed by atoms with Gasteiger partial charge in [-0.1, -0.05) is 11.6 Å². The molecule has 1 aliphatic carbocycles. The fourth-order valence-electron chi connectivity index (χ4n) is 3.07. The Morgan fingerprint density at radius 2 is 2.11 bits per heavy atom. The Labute approximate surface area is 176 Å². The lowest BCUT2D eigenvalue weighted by Gasteiger charge is -2.13. The predicted octanol–water partition coefficient (Wildman–Crippen LogP) is 5.17. The summed E-state index contributed by atoms with van der Waals surface area (Å²) in [5, 5.41) is 17.9. The molecule has 28 heavy (non-hydrogen) atoms. The molecule has 0 radical (unpaired) electrons. The number of fused-ring (bicyclic) bond motifs is 1. The Balaban J connectivity index is 1.82. The molecule has 1 aliphatic rings. The topological polar surface area (TPSA) is 93.5 Å². The number of thiophene rings is 1. The van der Waals surface area contributed by atoms with E-state index in [2.05, 4.69) is 10.6 Å². The molecule has 0 amide bonds. The highest BCUT2D eigenvalue weighted by molar-refractivity contribution is 7.80. The third kappa shape index (κ3) is 4.43. The zero-order chi connectivity index (χ0) is 20.3. The maximum absolute atomic E-state index is 12.5. The van der Waals surface area contributed by atoms with Gasteiger partial charge in [-0.15, -0.1) is 11.3 Å². The van der Waals surface area contributed by atoms with Crippen molar-refractivity contribution < 1.29 is 14.5 Å². The number of carbonyl (C=O) groups excluding carboxylic acids is 1. The van der Waals surface area contributed by atoms with Gasteiger partial charge in [0.2, 0.25) is 0 Å². The minimum atomic E-state index is -0.559. The minimum Gasteiger partial charge on any atom is -0.462 e. The van der Waals surface area contributed by atoms with E-state index in [9.17, 15) is 14.9 Å². The number of ether oxygens (including phenoxy) is 1. The van der Waals surface area contributed by atoms with Crippen molar-refractivity contribution in [3.63, 3.8) is 0 Å². The van der Waals surface area contributed by atoms with Crippen LogP contribution in [-0.4, -0.2) is 22.6 Å². The lowest BCUT2D eigenvalue weighted by molar-refractivity contribution is -0.384. The van der Waals surface area contributed by atoms with Crippen LogP contribution in [0.4, 0.5) is 16.4 Å². The van der Waals surface area contributed by atoms with Gasteiger partial charge < -0.3 is 15.4 Å². The van der Waals surface area contributed by atoms with E-state index in [1.807, 2.05) is 0 Å². The number of benzene rings is 1. The summed E-state index contributed by atoms with van der Waals surface area (Å²) < 4.78 is 5.22. The number of hydrogen-bond donors (Lipinski definition) is 2. The van der Waals surface area contributed by atoms with Crippen LogP contribution in [0, 0.1) is 10.1 Å². The third-order valence-corrected chi connectivity index (χ3v) is 6.01. The van der Waals surface area contributed by atoms with Crippen molar-refractivity contribution in [3.05, 3.63) is 49.3 Å². The summed E-state index contributed by atoms with van der Waals surface area (Å²) >= 11 is 12.7. The number of esters is 1. The Hall–Kier alpha value is -2.23. The Morgan fingerprint density at radius 3 is 2.82 bits per heavy atom. The van der Waals surface area contributed by atoms with Gasteiger partial charge >= 0.3 is 5.97 Å². The van der Waals surface area contributed by atoms with Crippen LogP contribution in [0.1, 0.15) is 40.6 Å². The molecule has 0 unspecified atom stereocenters. The molecule has 10 heteroatoms. The van der Waals surface area contributed by atoms with Crippen LogP contribution < -0.4 is 10.6 Å². The number of nitro benzene ring substituents is 1. The van der Waals surface area contributed by atoms with Gasteiger partial charge in [0.25, 0.3) is 5.69 Å². The maximum atomic E-state index is 12.5. The first-order valence-electron chi connectivity index (χ1n) is 8.74. The molecular weight excluding hydrogens is 422 g/mol. The van der Waals surface area contributed by atoms with Gasteiger partial charge in [0, 0.05) is 16.6 Å². The first kappa shape index (κ1) is 20.5. The number of aryl methyl sites for hydroxylation is 1. The van der Waals surface area contributed by atoms with Gasteiger partial charge in [-0.3, -0.25) is 10.1 Å². The van der Waals surface area contributed by atoms with Gasteiger partial charge in [-0.25, -0.2) is 4.79 Å². The maximum Gasteiger partial charge on any atom is 0.341 e. The highest BCUT2D eigenvalue weighted by Crippen LogP contribution is 2.38. The van der Waals surface area contributed by atoms with Crippen LogP contribution in [-0.2, 0) is 17.6 Å². The van der Waals surface area contributed by atoms with E-state index >= 15 is 0 Å². The van der Waals surface area contributed by atoms with Crippen LogP contribution in [0.5, 0.6) is 0 Å². The molecule has 2 aromatic rings.